The number of piperidine rings is 1. The summed E-state index contributed by atoms with van der Waals surface area (Å²) in [6.45, 7) is 6.12. The molecule has 1 aliphatic carbocycles. The van der Waals surface area contributed by atoms with E-state index in [0.717, 1.165) is 19.3 Å². The van der Waals surface area contributed by atoms with Crippen molar-refractivity contribution < 1.29 is 14.3 Å². The number of hydrogen-bond donors (Lipinski definition) is 0. The van der Waals surface area contributed by atoms with E-state index in [1.165, 1.54) is 0 Å². The van der Waals surface area contributed by atoms with Crippen molar-refractivity contribution >= 4 is 11.9 Å². The molecule has 96 valence electrons. The van der Waals surface area contributed by atoms with Gasteiger partial charge in [0.1, 0.15) is 11.4 Å². The molecule has 0 aromatic heterocycles. The fraction of sp³-hybridized carbons (Fsp3) is 0.846. The smallest absolute Gasteiger partial charge is 0.410 e. The molecule has 4 nitrogen and oxygen atoms in total. The van der Waals surface area contributed by atoms with E-state index in [1.807, 2.05) is 20.8 Å². The van der Waals surface area contributed by atoms with Gasteiger partial charge in [0.15, 0.2) is 0 Å². The lowest BCUT2D eigenvalue weighted by Gasteiger charge is -2.37. The van der Waals surface area contributed by atoms with Gasteiger partial charge in [-0.15, -0.1) is 0 Å². The van der Waals surface area contributed by atoms with Crippen LogP contribution in [-0.2, 0) is 9.53 Å². The first-order chi connectivity index (χ1) is 7.88. The second-order valence-electron chi connectivity index (χ2n) is 5.99. The highest BCUT2D eigenvalue weighted by Crippen LogP contribution is 2.35. The third-order valence-electron chi connectivity index (χ3n) is 3.52. The number of amides is 1. The lowest BCUT2D eigenvalue weighted by Crippen LogP contribution is -2.51. The number of nitrogens with zero attached hydrogens (tertiary/aromatic N) is 1. The van der Waals surface area contributed by atoms with Crippen LogP contribution < -0.4 is 0 Å². The molecule has 0 N–H and O–H groups in total. The minimum atomic E-state index is -0.466. The van der Waals surface area contributed by atoms with Crippen LogP contribution in [0.15, 0.2) is 0 Å². The van der Waals surface area contributed by atoms with Gasteiger partial charge in [-0.1, -0.05) is 6.42 Å². The Morgan fingerprint density at radius 3 is 2.71 bits per heavy atom. The van der Waals surface area contributed by atoms with Crippen LogP contribution in [0.25, 0.3) is 0 Å². The van der Waals surface area contributed by atoms with Crippen LogP contribution in [0, 0.1) is 5.92 Å². The number of ketones is 1. The van der Waals surface area contributed by atoms with E-state index in [0.29, 0.717) is 18.7 Å². The SMILES string of the molecule is CC(C)(C)OC(=O)N1CCC(=O)C2CCCC21. The number of fused-ring (bicyclic) bond motifs is 1. The van der Waals surface area contributed by atoms with E-state index < -0.39 is 5.60 Å². The van der Waals surface area contributed by atoms with Crippen LogP contribution in [-0.4, -0.2) is 35.0 Å². The van der Waals surface area contributed by atoms with Gasteiger partial charge < -0.3 is 9.64 Å². The Hall–Kier alpha value is -1.06. The molecule has 2 atom stereocenters. The van der Waals surface area contributed by atoms with Gasteiger partial charge in [-0.25, -0.2) is 4.79 Å². The maximum atomic E-state index is 12.1. The third kappa shape index (κ3) is 2.61. The average molecular weight is 239 g/mol. The van der Waals surface area contributed by atoms with Crippen molar-refractivity contribution in [2.75, 3.05) is 6.54 Å². The quantitative estimate of drug-likeness (QED) is 0.652. The molecular formula is C13H21NO3. The molecule has 0 aromatic rings. The molecule has 0 aromatic carbocycles. The lowest BCUT2D eigenvalue weighted by molar-refractivity contribution is -0.127. The Bertz CT molecular complexity index is 332. The first-order valence-corrected chi connectivity index (χ1v) is 6.41. The van der Waals surface area contributed by atoms with Gasteiger partial charge in [-0.05, 0) is 33.6 Å². The van der Waals surface area contributed by atoms with Gasteiger partial charge in [0, 0.05) is 24.9 Å². The molecule has 1 aliphatic heterocycles. The van der Waals surface area contributed by atoms with Crippen molar-refractivity contribution in [2.45, 2.75) is 58.1 Å². The van der Waals surface area contributed by atoms with Crippen LogP contribution in [0.1, 0.15) is 46.5 Å². The number of carbonyl (C=O) groups excluding carboxylic acids is 2. The molecule has 2 unspecified atom stereocenters. The zero-order valence-electron chi connectivity index (χ0n) is 10.9. The predicted octanol–water partition coefficient (Wildman–Crippen LogP) is 2.37. The summed E-state index contributed by atoms with van der Waals surface area (Å²) in [6.07, 6.45) is 3.14. The van der Waals surface area contributed by atoms with Crippen molar-refractivity contribution in [2.24, 2.45) is 5.92 Å². The predicted molar refractivity (Wildman–Crippen MR) is 63.7 cm³/mol. The Kier molecular flexibility index (Phi) is 3.15. The molecule has 0 radical (unpaired) electrons. The third-order valence-corrected chi connectivity index (χ3v) is 3.52. The summed E-state index contributed by atoms with van der Waals surface area (Å²) in [4.78, 5) is 25.6. The second kappa shape index (κ2) is 4.31. The Balaban J connectivity index is 2.06. The van der Waals surface area contributed by atoms with Crippen molar-refractivity contribution in [3.8, 4) is 0 Å². The molecule has 17 heavy (non-hydrogen) atoms. The molecule has 1 heterocycles. The number of ether oxygens (including phenoxy) is 1. The standard InChI is InChI=1S/C13H21NO3/c1-13(2,3)17-12(16)14-8-7-11(15)9-5-4-6-10(9)14/h9-10H,4-8H2,1-3H3. The topological polar surface area (TPSA) is 46.6 Å². The minimum absolute atomic E-state index is 0.0660. The first-order valence-electron chi connectivity index (χ1n) is 6.41. The fourth-order valence-corrected chi connectivity index (χ4v) is 2.82. The zero-order valence-corrected chi connectivity index (χ0v) is 10.9. The average Bonchev–Trinajstić information content (AvgIpc) is 2.64. The molecule has 1 amide bonds. The van der Waals surface area contributed by atoms with Crippen LogP contribution in [0.4, 0.5) is 4.79 Å². The van der Waals surface area contributed by atoms with E-state index in [-0.39, 0.29) is 18.1 Å². The number of likely N-dealkylation sites (tertiary alicyclic amines) is 1. The summed E-state index contributed by atoms with van der Waals surface area (Å²) in [5, 5.41) is 0. The molecule has 2 fully saturated rings. The molecule has 2 aliphatic rings. The number of hydrogen-bond acceptors (Lipinski definition) is 3. The maximum absolute atomic E-state index is 12.1. The number of carbonyl (C=O) groups is 2. The van der Waals surface area contributed by atoms with Crippen LogP contribution in [0.5, 0.6) is 0 Å². The van der Waals surface area contributed by atoms with Gasteiger partial charge in [-0.2, -0.15) is 0 Å². The van der Waals surface area contributed by atoms with Crippen molar-refractivity contribution in [3.05, 3.63) is 0 Å². The Morgan fingerprint density at radius 1 is 1.35 bits per heavy atom. The molecule has 4 heteroatoms. The molecular weight excluding hydrogens is 218 g/mol. The van der Waals surface area contributed by atoms with E-state index in [9.17, 15) is 9.59 Å². The molecule has 1 saturated carbocycles. The van der Waals surface area contributed by atoms with Crippen LogP contribution in [0.2, 0.25) is 0 Å². The summed E-state index contributed by atoms with van der Waals surface area (Å²) in [5.41, 5.74) is -0.466. The second-order valence-corrected chi connectivity index (χ2v) is 5.99. The number of Topliss-reactive ketones (excluding diaryl/α,β-unsaturated/α-hetero) is 1. The molecule has 0 spiro atoms. The Labute approximate surface area is 102 Å². The largest absolute Gasteiger partial charge is 0.444 e. The Morgan fingerprint density at radius 2 is 2.06 bits per heavy atom. The van der Waals surface area contributed by atoms with Crippen molar-refractivity contribution in [1.82, 2.24) is 4.90 Å². The summed E-state index contributed by atoms with van der Waals surface area (Å²) < 4.78 is 5.40. The molecule has 2 rings (SSSR count). The molecule has 1 saturated heterocycles. The zero-order chi connectivity index (χ0) is 12.6. The van der Waals surface area contributed by atoms with Gasteiger partial charge in [0.25, 0.3) is 0 Å². The summed E-state index contributed by atoms with van der Waals surface area (Å²) in [7, 11) is 0. The highest BCUT2D eigenvalue weighted by molar-refractivity contribution is 5.85. The fourth-order valence-electron chi connectivity index (χ4n) is 2.82. The monoisotopic (exact) mass is 239 g/mol. The normalized spacial score (nSPS) is 29.1. The van der Waals surface area contributed by atoms with Gasteiger partial charge in [0.2, 0.25) is 0 Å². The highest BCUT2D eigenvalue weighted by atomic mass is 16.6. The number of rotatable bonds is 0. The van der Waals surface area contributed by atoms with Gasteiger partial charge in [0.05, 0.1) is 0 Å². The molecule has 0 bridgehead atoms. The van der Waals surface area contributed by atoms with Crippen LogP contribution >= 0.6 is 0 Å². The van der Waals surface area contributed by atoms with Gasteiger partial charge in [-0.3, -0.25) is 4.79 Å². The highest BCUT2D eigenvalue weighted by Gasteiger charge is 2.43. The van der Waals surface area contributed by atoms with Crippen molar-refractivity contribution in [1.29, 1.82) is 0 Å². The maximum Gasteiger partial charge on any atom is 0.410 e. The summed E-state index contributed by atoms with van der Waals surface area (Å²) in [6, 6.07) is 0.0890. The lowest BCUT2D eigenvalue weighted by atomic mass is 9.91. The van der Waals surface area contributed by atoms with Crippen molar-refractivity contribution in [3.63, 3.8) is 0 Å². The summed E-state index contributed by atoms with van der Waals surface area (Å²) >= 11 is 0. The van der Waals surface area contributed by atoms with E-state index in [2.05, 4.69) is 0 Å². The van der Waals surface area contributed by atoms with E-state index in [1.54, 1.807) is 4.90 Å². The van der Waals surface area contributed by atoms with Gasteiger partial charge >= 0.3 is 6.09 Å². The first kappa shape index (κ1) is 12.4. The summed E-state index contributed by atoms with van der Waals surface area (Å²) in [5.74, 6) is 0.392. The van der Waals surface area contributed by atoms with E-state index >= 15 is 0 Å². The van der Waals surface area contributed by atoms with Crippen LogP contribution in [0.3, 0.4) is 0 Å². The van der Waals surface area contributed by atoms with E-state index in [4.69, 9.17) is 4.74 Å². The minimum Gasteiger partial charge on any atom is -0.444 e.